The summed E-state index contributed by atoms with van der Waals surface area (Å²) in [6, 6.07) is 9.21. The smallest absolute Gasteiger partial charge is 0.251 e. The number of aldehydes is 1. The van der Waals surface area contributed by atoms with Gasteiger partial charge in [-0.15, -0.1) is 0 Å². The van der Waals surface area contributed by atoms with E-state index in [1.807, 2.05) is 42.5 Å². The van der Waals surface area contributed by atoms with Crippen LogP contribution in [0.5, 0.6) is 5.75 Å². The third-order valence-electron chi connectivity index (χ3n) is 5.05. The molecular weight excluding hydrogens is 342 g/mol. The van der Waals surface area contributed by atoms with Crippen LogP contribution in [-0.2, 0) is 14.9 Å². The van der Waals surface area contributed by atoms with Crippen molar-refractivity contribution in [1.82, 2.24) is 5.32 Å². The molecule has 0 aliphatic heterocycles. The van der Waals surface area contributed by atoms with Crippen LogP contribution in [0.1, 0.15) is 29.3 Å². The fourth-order valence-electron chi connectivity index (χ4n) is 3.30. The molecule has 1 atom stereocenters. The first kappa shape index (κ1) is 18.9. The van der Waals surface area contributed by atoms with Gasteiger partial charge in [-0.1, -0.05) is 49.4 Å². The lowest BCUT2D eigenvalue weighted by Crippen LogP contribution is -2.30. The van der Waals surface area contributed by atoms with Gasteiger partial charge in [-0.25, -0.2) is 0 Å². The highest BCUT2D eigenvalue weighted by atomic mass is 16.5. The Morgan fingerprint density at radius 1 is 1.33 bits per heavy atom. The summed E-state index contributed by atoms with van der Waals surface area (Å²) in [5, 5.41) is 14.3. The highest BCUT2D eigenvalue weighted by Crippen LogP contribution is 2.36. The fraction of sp³-hybridized carbons (Fsp3) is 0.273. The van der Waals surface area contributed by atoms with Crippen LogP contribution in [-0.4, -0.2) is 37.6 Å². The zero-order valence-corrected chi connectivity index (χ0v) is 15.5. The van der Waals surface area contributed by atoms with E-state index >= 15 is 0 Å². The largest absolute Gasteiger partial charge is 0.507 e. The second-order valence-corrected chi connectivity index (χ2v) is 6.92. The molecule has 3 rings (SSSR count). The van der Waals surface area contributed by atoms with E-state index in [0.717, 1.165) is 16.3 Å². The van der Waals surface area contributed by atoms with Crippen molar-refractivity contribution in [1.29, 1.82) is 0 Å². The molecule has 0 bridgehead atoms. The number of methoxy groups -OCH3 is 1. The van der Waals surface area contributed by atoms with E-state index in [1.165, 1.54) is 6.07 Å². The summed E-state index contributed by atoms with van der Waals surface area (Å²) in [6.07, 6.45) is 7.21. The Kier molecular flexibility index (Phi) is 5.42. The first-order chi connectivity index (χ1) is 13.0. The van der Waals surface area contributed by atoms with E-state index in [-0.39, 0.29) is 17.1 Å². The van der Waals surface area contributed by atoms with Crippen molar-refractivity contribution in [3.63, 3.8) is 0 Å². The first-order valence-corrected chi connectivity index (χ1v) is 8.86. The average Bonchev–Trinajstić information content (AvgIpc) is 2.68. The molecule has 0 saturated carbocycles. The zero-order chi connectivity index (χ0) is 19.4. The molecular formula is C22H23NO4. The number of allylic oxidation sites excluding steroid dienone is 2. The van der Waals surface area contributed by atoms with E-state index in [9.17, 15) is 14.7 Å². The van der Waals surface area contributed by atoms with Crippen molar-refractivity contribution < 1.29 is 19.4 Å². The summed E-state index contributed by atoms with van der Waals surface area (Å²) in [4.78, 5) is 23.4. The van der Waals surface area contributed by atoms with Gasteiger partial charge in [-0.05, 0) is 28.8 Å². The van der Waals surface area contributed by atoms with Crippen LogP contribution in [0.15, 0.2) is 54.1 Å². The Balaban J connectivity index is 1.83. The third kappa shape index (κ3) is 3.78. The van der Waals surface area contributed by atoms with Crippen molar-refractivity contribution in [3.8, 4) is 5.75 Å². The molecule has 1 unspecified atom stereocenters. The number of fused-ring (bicyclic) bond motifs is 1. The molecule has 5 nitrogen and oxygen atoms in total. The zero-order valence-electron chi connectivity index (χ0n) is 15.5. The van der Waals surface area contributed by atoms with Gasteiger partial charge in [-0.3, -0.25) is 9.59 Å². The maximum absolute atomic E-state index is 12.2. The summed E-state index contributed by atoms with van der Waals surface area (Å²) >= 11 is 0. The highest BCUT2D eigenvalue weighted by molar-refractivity contribution is 6.01. The van der Waals surface area contributed by atoms with Gasteiger partial charge in [0.05, 0.1) is 12.2 Å². The Hall–Kier alpha value is -2.92. The van der Waals surface area contributed by atoms with Crippen LogP contribution in [0.25, 0.3) is 10.8 Å². The Morgan fingerprint density at radius 3 is 2.81 bits per heavy atom. The van der Waals surface area contributed by atoms with Crippen molar-refractivity contribution in [2.45, 2.75) is 18.8 Å². The molecule has 1 amide bonds. The topological polar surface area (TPSA) is 75.6 Å². The summed E-state index contributed by atoms with van der Waals surface area (Å²) < 4.78 is 4.94. The van der Waals surface area contributed by atoms with E-state index in [2.05, 4.69) is 12.2 Å². The van der Waals surface area contributed by atoms with E-state index in [0.29, 0.717) is 37.0 Å². The van der Waals surface area contributed by atoms with Crippen LogP contribution < -0.4 is 5.32 Å². The molecule has 0 radical (unpaired) electrons. The number of hydrogen-bond donors (Lipinski definition) is 2. The van der Waals surface area contributed by atoms with Crippen LogP contribution in [0, 0.1) is 0 Å². The van der Waals surface area contributed by atoms with Crippen molar-refractivity contribution in [2.24, 2.45) is 0 Å². The minimum absolute atomic E-state index is 0.0129. The number of nitrogens with one attached hydrogen (secondary N) is 1. The molecule has 27 heavy (non-hydrogen) atoms. The van der Waals surface area contributed by atoms with E-state index in [4.69, 9.17) is 4.74 Å². The van der Waals surface area contributed by atoms with Crippen molar-refractivity contribution in [2.75, 3.05) is 20.3 Å². The molecule has 0 spiro atoms. The minimum atomic E-state index is -0.246. The maximum atomic E-state index is 12.2. The van der Waals surface area contributed by atoms with Crippen molar-refractivity contribution >= 4 is 23.0 Å². The number of ether oxygens (including phenoxy) is 1. The molecule has 0 saturated heterocycles. The monoisotopic (exact) mass is 365 g/mol. The molecule has 140 valence electrons. The van der Waals surface area contributed by atoms with Gasteiger partial charge >= 0.3 is 0 Å². The molecule has 5 heteroatoms. The normalized spacial score (nSPS) is 19.0. The van der Waals surface area contributed by atoms with Crippen LogP contribution in [0.3, 0.4) is 0 Å². The number of carbonyl (C=O) groups is 2. The Labute approximate surface area is 158 Å². The quantitative estimate of drug-likeness (QED) is 0.609. The molecule has 2 aromatic carbocycles. The SMILES string of the molecule is COCCNC(=O)C1=CCC(C)(c2ccc3c(C=O)c(O)ccc3c2)C=C1. The summed E-state index contributed by atoms with van der Waals surface area (Å²) in [5.41, 5.74) is 1.80. The number of carbonyl (C=O) groups excluding carboxylic acids is 2. The molecule has 2 aromatic rings. The first-order valence-electron chi connectivity index (χ1n) is 8.86. The minimum Gasteiger partial charge on any atom is -0.507 e. The predicted molar refractivity (Wildman–Crippen MR) is 105 cm³/mol. The summed E-state index contributed by atoms with van der Waals surface area (Å²) in [5.74, 6) is -0.115. The third-order valence-corrected chi connectivity index (χ3v) is 5.05. The number of aromatic hydroxyl groups is 1. The van der Waals surface area contributed by atoms with E-state index < -0.39 is 0 Å². The molecule has 1 aliphatic carbocycles. The van der Waals surface area contributed by atoms with E-state index in [1.54, 1.807) is 7.11 Å². The van der Waals surface area contributed by atoms with Gasteiger partial charge in [0.1, 0.15) is 5.75 Å². The summed E-state index contributed by atoms with van der Waals surface area (Å²) in [7, 11) is 1.60. The average molecular weight is 365 g/mol. The number of rotatable bonds is 6. The van der Waals surface area contributed by atoms with Gasteiger partial charge in [0.2, 0.25) is 0 Å². The molecule has 2 N–H and O–H groups in total. The molecule has 1 aliphatic rings. The number of phenolic OH excluding ortho intramolecular Hbond substituents is 1. The summed E-state index contributed by atoms with van der Waals surface area (Å²) in [6.45, 7) is 3.08. The second kappa shape index (κ2) is 7.76. The van der Waals surface area contributed by atoms with Crippen LogP contribution in [0.2, 0.25) is 0 Å². The lowest BCUT2D eigenvalue weighted by Gasteiger charge is -2.29. The van der Waals surface area contributed by atoms with Gasteiger partial charge in [0, 0.05) is 24.6 Å². The lowest BCUT2D eigenvalue weighted by molar-refractivity contribution is -0.117. The van der Waals surface area contributed by atoms with Gasteiger partial charge in [-0.2, -0.15) is 0 Å². The number of hydrogen-bond acceptors (Lipinski definition) is 4. The maximum Gasteiger partial charge on any atom is 0.251 e. The number of benzene rings is 2. The highest BCUT2D eigenvalue weighted by Gasteiger charge is 2.26. The van der Waals surface area contributed by atoms with Gasteiger partial charge < -0.3 is 15.2 Å². The van der Waals surface area contributed by atoms with Crippen LogP contribution in [0.4, 0.5) is 0 Å². The molecule has 0 heterocycles. The second-order valence-electron chi connectivity index (χ2n) is 6.92. The molecule has 0 aromatic heterocycles. The fourth-order valence-corrected chi connectivity index (χ4v) is 3.30. The number of amides is 1. The van der Waals surface area contributed by atoms with Crippen molar-refractivity contribution in [3.05, 3.63) is 65.3 Å². The Morgan fingerprint density at radius 2 is 2.15 bits per heavy atom. The van der Waals surface area contributed by atoms with Gasteiger partial charge in [0.25, 0.3) is 5.91 Å². The number of phenols is 1. The van der Waals surface area contributed by atoms with Crippen LogP contribution >= 0.6 is 0 Å². The van der Waals surface area contributed by atoms with Gasteiger partial charge in [0.15, 0.2) is 6.29 Å². The molecule has 0 fully saturated rings. The lowest BCUT2D eigenvalue weighted by atomic mass is 9.75. The standard InChI is InChI=1S/C22H23NO4/c1-22(9-7-15(8-10-22)21(26)23-11-12-27-2)17-4-5-18-16(13-17)3-6-20(25)19(18)14-24/h3-9,13-14,25H,10-12H2,1-2H3,(H,23,26). The Bertz CT molecular complexity index is 945. The predicted octanol–water partition coefficient (Wildman–Crippen LogP) is 3.26.